The third-order valence-corrected chi connectivity index (χ3v) is 4.62. The lowest BCUT2D eigenvalue weighted by molar-refractivity contribution is 0.0683. The van der Waals surface area contributed by atoms with E-state index in [0.717, 1.165) is 18.4 Å². The molecular weight excluding hydrogens is 334 g/mol. The van der Waals surface area contributed by atoms with Crippen molar-refractivity contribution < 1.29 is 14.7 Å². The fraction of sp³-hybridized carbons (Fsp3) is 0.278. The number of fused-ring (bicyclic) bond motifs is 1. The molecule has 1 unspecified atom stereocenters. The van der Waals surface area contributed by atoms with Crippen LogP contribution >= 0.6 is 0 Å². The normalized spacial score (nSPS) is 17.4. The number of hydrogen-bond acceptors (Lipinski definition) is 5. The Balaban J connectivity index is 1.55. The molecule has 1 atom stereocenters. The highest BCUT2D eigenvalue weighted by Gasteiger charge is 2.28. The van der Waals surface area contributed by atoms with E-state index in [1.165, 1.54) is 4.52 Å². The minimum absolute atomic E-state index is 0.0992. The summed E-state index contributed by atoms with van der Waals surface area (Å²) < 4.78 is 1.48. The van der Waals surface area contributed by atoms with Gasteiger partial charge in [0.05, 0.1) is 5.56 Å². The summed E-state index contributed by atoms with van der Waals surface area (Å²) in [7, 11) is 0. The van der Waals surface area contributed by atoms with E-state index >= 15 is 0 Å². The van der Waals surface area contributed by atoms with Crippen molar-refractivity contribution in [3.05, 3.63) is 59.7 Å². The Hall–Kier alpha value is -3.29. The number of likely N-dealkylation sites (tertiary alicyclic amines) is 1. The lowest BCUT2D eigenvalue weighted by Crippen LogP contribution is -2.39. The van der Waals surface area contributed by atoms with Crippen molar-refractivity contribution in [3.8, 4) is 0 Å². The first kappa shape index (κ1) is 16.2. The van der Waals surface area contributed by atoms with Gasteiger partial charge in [-0.2, -0.15) is 4.98 Å². The van der Waals surface area contributed by atoms with Gasteiger partial charge in [-0.25, -0.2) is 14.3 Å². The Morgan fingerprint density at radius 2 is 2.12 bits per heavy atom. The smallest absolute Gasteiger partial charge is 0.335 e. The van der Waals surface area contributed by atoms with Gasteiger partial charge in [0.2, 0.25) is 5.82 Å². The SMILES string of the molecule is O=C(O)c1cccc(C2CCCN(C(=O)c3nc4ncccn4n3)C2)c1. The summed E-state index contributed by atoms with van der Waals surface area (Å²) in [6.45, 7) is 1.15. The van der Waals surface area contributed by atoms with Gasteiger partial charge in [0.25, 0.3) is 11.7 Å². The molecular formula is C18H17N5O3. The van der Waals surface area contributed by atoms with Gasteiger partial charge in [0.1, 0.15) is 0 Å². The number of rotatable bonds is 3. The summed E-state index contributed by atoms with van der Waals surface area (Å²) in [6, 6.07) is 8.65. The molecule has 3 aromatic rings. The van der Waals surface area contributed by atoms with E-state index < -0.39 is 5.97 Å². The van der Waals surface area contributed by atoms with Crippen LogP contribution < -0.4 is 0 Å². The van der Waals surface area contributed by atoms with E-state index in [9.17, 15) is 14.7 Å². The fourth-order valence-corrected chi connectivity index (χ4v) is 3.32. The van der Waals surface area contributed by atoms with Crippen molar-refractivity contribution in [2.75, 3.05) is 13.1 Å². The van der Waals surface area contributed by atoms with E-state index in [-0.39, 0.29) is 23.2 Å². The molecule has 0 aliphatic carbocycles. The maximum absolute atomic E-state index is 12.8. The highest BCUT2D eigenvalue weighted by molar-refractivity contribution is 5.91. The quantitative estimate of drug-likeness (QED) is 0.773. The lowest BCUT2D eigenvalue weighted by atomic mass is 9.89. The molecule has 8 heteroatoms. The Labute approximate surface area is 149 Å². The third kappa shape index (κ3) is 3.01. The number of carbonyl (C=O) groups excluding carboxylic acids is 1. The molecule has 26 heavy (non-hydrogen) atoms. The average molecular weight is 351 g/mol. The molecule has 0 saturated carbocycles. The van der Waals surface area contributed by atoms with Gasteiger partial charge in [-0.3, -0.25) is 4.79 Å². The lowest BCUT2D eigenvalue weighted by Gasteiger charge is -2.32. The zero-order chi connectivity index (χ0) is 18.1. The minimum Gasteiger partial charge on any atom is -0.478 e. The Morgan fingerprint density at radius 1 is 1.23 bits per heavy atom. The summed E-state index contributed by atoms with van der Waals surface area (Å²) >= 11 is 0. The Kier molecular flexibility index (Phi) is 4.08. The maximum Gasteiger partial charge on any atom is 0.335 e. The van der Waals surface area contributed by atoms with Crippen LogP contribution in [0.25, 0.3) is 5.78 Å². The molecule has 132 valence electrons. The molecule has 0 bridgehead atoms. The molecule has 0 radical (unpaired) electrons. The van der Waals surface area contributed by atoms with Gasteiger partial charge in [-0.15, -0.1) is 5.10 Å². The second-order valence-electron chi connectivity index (χ2n) is 6.32. The largest absolute Gasteiger partial charge is 0.478 e. The number of amides is 1. The van der Waals surface area contributed by atoms with Crippen LogP contribution in [0.3, 0.4) is 0 Å². The molecule has 1 aliphatic rings. The topological polar surface area (TPSA) is 101 Å². The molecule has 3 heterocycles. The Bertz CT molecular complexity index is 951. The van der Waals surface area contributed by atoms with E-state index in [2.05, 4.69) is 15.1 Å². The van der Waals surface area contributed by atoms with Crippen molar-refractivity contribution in [3.63, 3.8) is 0 Å². The van der Waals surface area contributed by atoms with Gasteiger partial charge in [-0.1, -0.05) is 12.1 Å². The zero-order valence-corrected chi connectivity index (χ0v) is 13.9. The van der Waals surface area contributed by atoms with Gasteiger partial charge in [0.15, 0.2) is 0 Å². The molecule has 2 aromatic heterocycles. The first-order valence-corrected chi connectivity index (χ1v) is 8.42. The number of benzene rings is 1. The van der Waals surface area contributed by atoms with Gasteiger partial charge >= 0.3 is 5.97 Å². The van der Waals surface area contributed by atoms with E-state index in [4.69, 9.17) is 0 Å². The van der Waals surface area contributed by atoms with Gasteiger partial charge in [-0.05, 0) is 36.6 Å². The number of carboxylic acid groups (broad SMARTS) is 1. The second kappa shape index (κ2) is 6.55. The number of hydrogen-bond donors (Lipinski definition) is 1. The first-order valence-electron chi connectivity index (χ1n) is 8.42. The predicted octanol–water partition coefficient (Wildman–Crippen LogP) is 1.84. The van der Waals surface area contributed by atoms with Crippen LogP contribution in [0.5, 0.6) is 0 Å². The fourth-order valence-electron chi connectivity index (χ4n) is 3.32. The monoisotopic (exact) mass is 351 g/mol. The van der Waals surface area contributed by atoms with Gasteiger partial charge < -0.3 is 10.0 Å². The summed E-state index contributed by atoms with van der Waals surface area (Å²) in [5.74, 6) is -0.559. The number of piperidine rings is 1. The number of carbonyl (C=O) groups is 2. The van der Waals surface area contributed by atoms with E-state index in [1.807, 2.05) is 6.07 Å². The van der Waals surface area contributed by atoms with Crippen LogP contribution in [0.2, 0.25) is 0 Å². The van der Waals surface area contributed by atoms with Crippen molar-refractivity contribution in [1.82, 2.24) is 24.5 Å². The second-order valence-corrected chi connectivity index (χ2v) is 6.32. The summed E-state index contributed by atoms with van der Waals surface area (Å²) in [5.41, 5.74) is 1.20. The number of nitrogens with zero attached hydrogens (tertiary/aromatic N) is 5. The summed E-state index contributed by atoms with van der Waals surface area (Å²) in [5, 5.41) is 13.4. The number of aromatic carboxylic acids is 1. The highest BCUT2D eigenvalue weighted by atomic mass is 16.4. The first-order chi connectivity index (χ1) is 12.6. The van der Waals surface area contributed by atoms with Crippen molar-refractivity contribution in [2.45, 2.75) is 18.8 Å². The molecule has 1 fully saturated rings. The van der Waals surface area contributed by atoms with Crippen LogP contribution in [0, 0.1) is 0 Å². The molecule has 1 aliphatic heterocycles. The Morgan fingerprint density at radius 3 is 2.92 bits per heavy atom. The summed E-state index contributed by atoms with van der Waals surface area (Å²) in [4.78, 5) is 34.0. The predicted molar refractivity (Wildman–Crippen MR) is 92.1 cm³/mol. The van der Waals surface area contributed by atoms with E-state index in [1.54, 1.807) is 41.6 Å². The van der Waals surface area contributed by atoms with Crippen LogP contribution in [0.1, 0.15) is 45.3 Å². The van der Waals surface area contributed by atoms with Gasteiger partial charge in [0, 0.05) is 31.4 Å². The van der Waals surface area contributed by atoms with Crippen LogP contribution in [-0.4, -0.2) is 54.6 Å². The van der Waals surface area contributed by atoms with Crippen LogP contribution in [-0.2, 0) is 0 Å². The molecule has 4 rings (SSSR count). The molecule has 8 nitrogen and oxygen atoms in total. The van der Waals surface area contributed by atoms with E-state index in [0.29, 0.717) is 18.9 Å². The van der Waals surface area contributed by atoms with Crippen molar-refractivity contribution in [2.24, 2.45) is 0 Å². The molecule has 1 amide bonds. The number of aromatic nitrogens is 4. The minimum atomic E-state index is -0.947. The van der Waals surface area contributed by atoms with Crippen molar-refractivity contribution in [1.29, 1.82) is 0 Å². The molecule has 1 aromatic carbocycles. The standard InChI is InChI=1S/C18H17N5O3/c24-16(15-20-18-19-7-3-9-23(18)21-15)22-8-2-6-14(11-22)12-4-1-5-13(10-12)17(25)26/h1,3-5,7,9-10,14H,2,6,8,11H2,(H,25,26). The molecule has 1 saturated heterocycles. The highest BCUT2D eigenvalue weighted by Crippen LogP contribution is 2.28. The average Bonchev–Trinajstić information content (AvgIpc) is 3.12. The van der Waals surface area contributed by atoms with Crippen LogP contribution in [0.15, 0.2) is 42.7 Å². The zero-order valence-electron chi connectivity index (χ0n) is 13.9. The summed E-state index contributed by atoms with van der Waals surface area (Å²) in [6.07, 6.45) is 5.06. The van der Waals surface area contributed by atoms with Crippen molar-refractivity contribution >= 4 is 17.7 Å². The maximum atomic E-state index is 12.8. The van der Waals surface area contributed by atoms with Crippen LogP contribution in [0.4, 0.5) is 0 Å². The third-order valence-electron chi connectivity index (χ3n) is 4.62. The number of carboxylic acids is 1. The molecule has 0 spiro atoms. The molecule has 1 N–H and O–H groups in total.